The highest BCUT2D eigenvalue weighted by Gasteiger charge is 2.29. The first-order valence-corrected chi connectivity index (χ1v) is 16.1. The Kier molecular flexibility index (Phi) is 8.14. The molecule has 5 rings (SSSR count). The molecule has 1 fully saturated rings. The quantitative estimate of drug-likeness (QED) is 0.360. The minimum atomic E-state index is -3.90. The normalized spacial score (nSPS) is 19.2. The topological polar surface area (TPSA) is 122 Å². The first-order chi connectivity index (χ1) is 18.2. The average Bonchev–Trinajstić information content (AvgIpc) is 3.64. The SMILES string of the molecule is COCCOc1cc(N(C)S(=O)(=O)c2cn(C)cn2)c2[nH]c(C3=NCC(CN4CCS(=O)CC4)S3)cc2c1. The zero-order valence-corrected chi connectivity index (χ0v) is 24.1. The standard InChI is InChI=1S/C24H32N6O5S3/c1-28-15-22(26-16-28)38(32,33)29(2)21-12-18(35-7-6-34-3)10-17-11-20(27-23(17)21)24-25-13-19(36-24)14-30-4-8-37(31)9-5-30/h10-12,15-16,19,27H,4-9,13-14H2,1-3H3. The molecule has 2 aromatic heterocycles. The fourth-order valence-corrected chi connectivity index (χ4v) is 7.91. The van der Waals surface area contributed by atoms with E-state index in [0.29, 0.717) is 42.0 Å². The number of sulfonamides is 1. The van der Waals surface area contributed by atoms with Crippen molar-refractivity contribution in [3.63, 3.8) is 0 Å². The number of nitrogens with zero attached hydrogens (tertiary/aromatic N) is 5. The van der Waals surface area contributed by atoms with Crippen molar-refractivity contribution in [2.45, 2.75) is 10.3 Å². The number of anilines is 1. The van der Waals surface area contributed by atoms with Crippen LogP contribution in [0.4, 0.5) is 5.69 Å². The number of imidazole rings is 1. The lowest BCUT2D eigenvalue weighted by atomic mass is 10.2. The summed E-state index contributed by atoms with van der Waals surface area (Å²) in [6.45, 7) is 4.08. The molecule has 4 heterocycles. The van der Waals surface area contributed by atoms with Gasteiger partial charge in [-0.1, -0.05) is 11.8 Å². The van der Waals surface area contributed by atoms with Gasteiger partial charge in [0.1, 0.15) is 17.4 Å². The van der Waals surface area contributed by atoms with Gasteiger partial charge in [0, 0.05) is 86.0 Å². The molecule has 0 bridgehead atoms. The highest BCUT2D eigenvalue weighted by molar-refractivity contribution is 8.15. The molecule has 38 heavy (non-hydrogen) atoms. The molecular weight excluding hydrogens is 549 g/mol. The van der Waals surface area contributed by atoms with Crippen LogP contribution in [0, 0.1) is 0 Å². The van der Waals surface area contributed by atoms with Gasteiger partial charge in [-0.05, 0) is 12.1 Å². The van der Waals surface area contributed by atoms with Gasteiger partial charge in [-0.3, -0.25) is 13.5 Å². The number of H-pyrrole nitrogens is 1. The van der Waals surface area contributed by atoms with Gasteiger partial charge in [-0.15, -0.1) is 0 Å². The van der Waals surface area contributed by atoms with Gasteiger partial charge in [0.2, 0.25) is 0 Å². The summed E-state index contributed by atoms with van der Waals surface area (Å²) in [7, 11) is 0.248. The van der Waals surface area contributed by atoms with Gasteiger partial charge < -0.3 is 23.9 Å². The number of hydrogen-bond acceptors (Lipinski definition) is 9. The second-order valence-corrected chi connectivity index (χ2v) is 14.2. The van der Waals surface area contributed by atoms with Crippen molar-refractivity contribution in [3.05, 3.63) is 36.4 Å². The number of aryl methyl sites for hydroxylation is 1. The van der Waals surface area contributed by atoms with Crippen molar-refractivity contribution < 1.29 is 22.1 Å². The molecule has 14 heteroatoms. The van der Waals surface area contributed by atoms with Crippen molar-refractivity contribution in [1.82, 2.24) is 19.4 Å². The Morgan fingerprint density at radius 3 is 2.74 bits per heavy atom. The van der Waals surface area contributed by atoms with Crippen molar-refractivity contribution in [1.29, 1.82) is 0 Å². The molecular formula is C24H32N6O5S3. The van der Waals surface area contributed by atoms with Crippen molar-refractivity contribution >= 4 is 54.2 Å². The van der Waals surface area contributed by atoms with Crippen LogP contribution in [0.15, 0.2) is 40.7 Å². The third-order valence-corrected chi connectivity index (χ3v) is 10.7. The third kappa shape index (κ3) is 5.78. The number of fused-ring (bicyclic) bond motifs is 1. The molecule has 0 spiro atoms. The minimum absolute atomic E-state index is 0.0340. The largest absolute Gasteiger partial charge is 0.491 e. The molecule has 1 atom stereocenters. The maximum atomic E-state index is 13.4. The number of aliphatic imine (C=N–C) groups is 1. The second kappa shape index (κ2) is 11.4. The number of aromatic nitrogens is 3. The Balaban J connectivity index is 1.42. The lowest BCUT2D eigenvalue weighted by molar-refractivity contribution is 0.146. The number of hydrogen-bond donors (Lipinski definition) is 1. The van der Waals surface area contributed by atoms with E-state index in [1.165, 1.54) is 23.9 Å². The highest BCUT2D eigenvalue weighted by Crippen LogP contribution is 2.36. The molecule has 1 saturated heterocycles. The van der Waals surface area contributed by atoms with E-state index in [1.807, 2.05) is 12.1 Å². The Morgan fingerprint density at radius 1 is 1.24 bits per heavy atom. The minimum Gasteiger partial charge on any atom is -0.491 e. The first-order valence-electron chi connectivity index (χ1n) is 12.3. The molecule has 1 aromatic carbocycles. The van der Waals surface area contributed by atoms with E-state index in [1.54, 1.807) is 36.6 Å². The average molecular weight is 581 g/mol. The van der Waals surface area contributed by atoms with Crippen LogP contribution in [0.2, 0.25) is 0 Å². The number of rotatable bonds is 10. The van der Waals surface area contributed by atoms with Crippen LogP contribution in [-0.2, 0) is 32.6 Å². The summed E-state index contributed by atoms with van der Waals surface area (Å²) in [6.07, 6.45) is 2.94. The van der Waals surface area contributed by atoms with E-state index in [9.17, 15) is 12.6 Å². The molecule has 0 amide bonds. The van der Waals surface area contributed by atoms with Crippen LogP contribution in [0.1, 0.15) is 5.69 Å². The predicted molar refractivity (Wildman–Crippen MR) is 152 cm³/mol. The van der Waals surface area contributed by atoms with Gasteiger partial charge in [-0.2, -0.15) is 8.42 Å². The molecule has 0 radical (unpaired) electrons. The van der Waals surface area contributed by atoms with Gasteiger partial charge in [-0.25, -0.2) is 4.98 Å². The van der Waals surface area contributed by atoms with E-state index in [-0.39, 0.29) is 5.03 Å². The predicted octanol–water partition coefficient (Wildman–Crippen LogP) is 1.68. The molecule has 206 valence electrons. The van der Waals surface area contributed by atoms with Crippen LogP contribution in [0.25, 0.3) is 10.9 Å². The molecule has 11 nitrogen and oxygen atoms in total. The number of benzene rings is 1. The summed E-state index contributed by atoms with van der Waals surface area (Å²) >= 11 is 1.72. The number of nitrogens with one attached hydrogen (secondary N) is 1. The summed E-state index contributed by atoms with van der Waals surface area (Å²) in [5.74, 6) is 2.01. The van der Waals surface area contributed by atoms with Crippen LogP contribution in [-0.4, -0.2) is 107 Å². The van der Waals surface area contributed by atoms with Gasteiger partial charge in [0.05, 0.1) is 36.4 Å². The Hall–Kier alpha value is -2.39. The van der Waals surface area contributed by atoms with Crippen LogP contribution < -0.4 is 9.04 Å². The molecule has 1 N–H and O–H groups in total. The smallest absolute Gasteiger partial charge is 0.283 e. The molecule has 0 saturated carbocycles. The fraction of sp³-hybridized carbons (Fsp3) is 0.500. The van der Waals surface area contributed by atoms with E-state index >= 15 is 0 Å². The summed E-state index contributed by atoms with van der Waals surface area (Å²) in [5.41, 5.74) is 1.96. The van der Waals surface area contributed by atoms with Crippen LogP contribution in [0.5, 0.6) is 5.75 Å². The lowest BCUT2D eigenvalue weighted by Gasteiger charge is -2.27. The van der Waals surface area contributed by atoms with Crippen molar-refractivity contribution in [2.24, 2.45) is 12.0 Å². The molecule has 0 aliphatic carbocycles. The van der Waals surface area contributed by atoms with Gasteiger partial charge in [0.25, 0.3) is 10.0 Å². The van der Waals surface area contributed by atoms with E-state index in [0.717, 1.165) is 47.3 Å². The highest BCUT2D eigenvalue weighted by atomic mass is 32.2. The van der Waals surface area contributed by atoms with Crippen LogP contribution >= 0.6 is 11.8 Å². The summed E-state index contributed by atoms with van der Waals surface area (Å²) in [4.78, 5) is 14.6. The summed E-state index contributed by atoms with van der Waals surface area (Å²) in [5, 5.41) is 2.00. The zero-order chi connectivity index (χ0) is 26.9. The first kappa shape index (κ1) is 27.2. The maximum absolute atomic E-state index is 13.4. The Morgan fingerprint density at radius 2 is 2.03 bits per heavy atom. The van der Waals surface area contributed by atoms with Crippen molar-refractivity contribution in [3.8, 4) is 5.75 Å². The monoisotopic (exact) mass is 580 g/mol. The molecule has 2 aliphatic rings. The molecule has 2 aliphatic heterocycles. The van der Waals surface area contributed by atoms with E-state index in [2.05, 4.69) is 14.9 Å². The number of ether oxygens (including phenoxy) is 2. The maximum Gasteiger partial charge on any atom is 0.283 e. The number of methoxy groups -OCH3 is 1. The van der Waals surface area contributed by atoms with Gasteiger partial charge >= 0.3 is 0 Å². The summed E-state index contributed by atoms with van der Waals surface area (Å²) in [6, 6.07) is 5.59. The third-order valence-electron chi connectivity index (χ3n) is 6.56. The second-order valence-electron chi connectivity index (χ2n) is 9.32. The van der Waals surface area contributed by atoms with Crippen molar-refractivity contribution in [2.75, 3.05) is 69.4 Å². The molecule has 3 aromatic rings. The van der Waals surface area contributed by atoms with Gasteiger partial charge in [0.15, 0.2) is 5.03 Å². The lowest BCUT2D eigenvalue weighted by Crippen LogP contribution is -2.41. The fourth-order valence-electron chi connectivity index (χ4n) is 4.49. The number of thioether (sulfide) groups is 1. The Labute approximate surface area is 229 Å². The zero-order valence-electron chi connectivity index (χ0n) is 21.6. The van der Waals surface area contributed by atoms with Crippen LogP contribution in [0.3, 0.4) is 0 Å². The Bertz CT molecular complexity index is 1460. The van der Waals surface area contributed by atoms with E-state index < -0.39 is 20.8 Å². The van der Waals surface area contributed by atoms with E-state index in [4.69, 9.17) is 14.5 Å². The number of aromatic amines is 1. The summed E-state index contributed by atoms with van der Waals surface area (Å²) < 4.78 is 52.3. The molecule has 1 unspecified atom stereocenters.